The highest BCUT2D eigenvalue weighted by Gasteiger charge is 2.21. The maximum atomic E-state index is 13.2. The van der Waals surface area contributed by atoms with Crippen LogP contribution in [0.4, 0.5) is 0 Å². The fourth-order valence-electron chi connectivity index (χ4n) is 4.93. The van der Waals surface area contributed by atoms with Crippen molar-refractivity contribution in [3.05, 3.63) is 154 Å². The van der Waals surface area contributed by atoms with Gasteiger partial charge in [-0.05, 0) is 57.9 Å². The van der Waals surface area contributed by atoms with Gasteiger partial charge >= 0.3 is 11.9 Å². The van der Waals surface area contributed by atoms with Gasteiger partial charge in [-0.2, -0.15) is 0 Å². The number of carbonyl (C=O) groups is 2. The average Bonchev–Trinajstić information content (AvgIpc) is 2.99. The summed E-state index contributed by atoms with van der Waals surface area (Å²) >= 11 is 12.6. The quantitative estimate of drug-likeness (QED) is 0.146. The molecule has 0 fully saturated rings. The number of benzene rings is 6. The molecule has 0 saturated heterocycles. The number of esters is 2. The van der Waals surface area contributed by atoms with Crippen LogP contribution in [-0.2, 0) is 6.42 Å². The van der Waals surface area contributed by atoms with Crippen LogP contribution in [0.25, 0.3) is 21.5 Å². The van der Waals surface area contributed by atoms with Crippen LogP contribution in [0.3, 0.4) is 0 Å². The molecule has 0 aliphatic rings. The number of carbonyl (C=O) groups excluding carboxylic acids is 2. The summed E-state index contributed by atoms with van der Waals surface area (Å²) in [5, 5.41) is 4.40. The molecule has 0 heterocycles. The summed E-state index contributed by atoms with van der Waals surface area (Å²) in [7, 11) is 0. The van der Waals surface area contributed by atoms with Crippen LogP contribution in [0.2, 0.25) is 10.0 Å². The highest BCUT2D eigenvalue weighted by Crippen LogP contribution is 2.37. The Morgan fingerprint density at radius 3 is 1.32 bits per heavy atom. The second-order valence-electron chi connectivity index (χ2n) is 9.44. The Morgan fingerprint density at radius 1 is 0.488 bits per heavy atom. The molecule has 0 aliphatic heterocycles. The summed E-state index contributed by atoms with van der Waals surface area (Å²) in [6, 6.07) is 36.7. The second-order valence-corrected chi connectivity index (χ2v) is 10.3. The third-order valence-electron chi connectivity index (χ3n) is 6.94. The molecule has 0 N–H and O–H groups in total. The van der Waals surface area contributed by atoms with Gasteiger partial charge in [0.25, 0.3) is 0 Å². The van der Waals surface area contributed by atoms with E-state index >= 15 is 0 Å². The van der Waals surface area contributed by atoms with Gasteiger partial charge in [-0.15, -0.1) is 0 Å². The SMILES string of the molecule is O=C(Oc1ccc2ccccc2c1Cc1c(OC(=O)c2ccccc2Cl)ccc2ccccc12)c1ccccc1Cl. The van der Waals surface area contributed by atoms with Crippen molar-refractivity contribution in [3.8, 4) is 11.5 Å². The molecule has 6 aromatic carbocycles. The lowest BCUT2D eigenvalue weighted by Crippen LogP contribution is -2.12. The first-order chi connectivity index (χ1) is 20.0. The third-order valence-corrected chi connectivity index (χ3v) is 7.60. The lowest BCUT2D eigenvalue weighted by Gasteiger charge is -2.17. The lowest BCUT2D eigenvalue weighted by molar-refractivity contribution is 0.0726. The maximum Gasteiger partial charge on any atom is 0.345 e. The number of ether oxygens (including phenoxy) is 2. The van der Waals surface area contributed by atoms with Crippen LogP contribution < -0.4 is 9.47 Å². The lowest BCUT2D eigenvalue weighted by atomic mass is 9.93. The Morgan fingerprint density at radius 2 is 0.878 bits per heavy atom. The molecule has 4 nitrogen and oxygen atoms in total. The normalized spacial score (nSPS) is 11.0. The minimum absolute atomic E-state index is 0.271. The molecule has 0 aromatic heterocycles. The van der Waals surface area contributed by atoms with Crippen molar-refractivity contribution >= 4 is 56.7 Å². The van der Waals surface area contributed by atoms with Crippen molar-refractivity contribution < 1.29 is 19.1 Å². The van der Waals surface area contributed by atoms with Crippen molar-refractivity contribution in [2.45, 2.75) is 6.42 Å². The van der Waals surface area contributed by atoms with Crippen LogP contribution in [0, 0.1) is 0 Å². The summed E-state index contributed by atoms with van der Waals surface area (Å²) < 4.78 is 11.9. The molecule has 0 saturated carbocycles. The average molecular weight is 577 g/mol. The smallest absolute Gasteiger partial charge is 0.345 e. The molecular formula is C35H22Cl2O4. The maximum absolute atomic E-state index is 13.2. The molecule has 0 bridgehead atoms. The monoisotopic (exact) mass is 576 g/mol. The molecule has 6 aromatic rings. The molecular weight excluding hydrogens is 555 g/mol. The molecule has 200 valence electrons. The Bertz CT molecular complexity index is 1810. The van der Waals surface area contributed by atoms with Crippen molar-refractivity contribution in [2.75, 3.05) is 0 Å². The van der Waals surface area contributed by atoms with Crippen LogP contribution in [-0.4, -0.2) is 11.9 Å². The third kappa shape index (κ3) is 5.40. The van der Waals surface area contributed by atoms with Gasteiger partial charge in [0, 0.05) is 17.5 Å². The van der Waals surface area contributed by atoms with E-state index in [2.05, 4.69) is 0 Å². The zero-order valence-electron chi connectivity index (χ0n) is 21.6. The molecule has 0 aliphatic carbocycles. The number of hydrogen-bond acceptors (Lipinski definition) is 4. The van der Waals surface area contributed by atoms with E-state index in [1.807, 2.05) is 60.7 Å². The number of hydrogen-bond donors (Lipinski definition) is 0. The predicted octanol–water partition coefficient (Wildman–Crippen LogP) is 9.33. The van der Waals surface area contributed by atoms with Crippen molar-refractivity contribution in [1.29, 1.82) is 0 Å². The molecule has 0 radical (unpaired) electrons. The van der Waals surface area contributed by atoms with Gasteiger partial charge in [0.05, 0.1) is 21.2 Å². The van der Waals surface area contributed by atoms with E-state index in [9.17, 15) is 9.59 Å². The summed E-state index contributed by atoms with van der Waals surface area (Å²) in [5.41, 5.74) is 2.09. The molecule has 41 heavy (non-hydrogen) atoms. The van der Waals surface area contributed by atoms with Gasteiger partial charge in [0.2, 0.25) is 0 Å². The zero-order valence-corrected chi connectivity index (χ0v) is 23.2. The second kappa shape index (κ2) is 11.5. The first-order valence-electron chi connectivity index (χ1n) is 12.9. The summed E-state index contributed by atoms with van der Waals surface area (Å²) in [4.78, 5) is 26.4. The standard InChI is InChI=1S/C35H22Cl2O4/c36-30-15-7-5-13-26(30)34(38)40-32-19-17-22-9-1-3-11-24(22)28(32)21-29-25-12-4-2-10-23(25)18-20-33(29)41-35(39)27-14-6-8-16-31(27)37/h1-20H,21H2. The van der Waals surface area contributed by atoms with E-state index in [0.29, 0.717) is 28.0 Å². The first kappa shape index (κ1) is 26.6. The van der Waals surface area contributed by atoms with Crippen LogP contribution in [0.15, 0.2) is 121 Å². The molecule has 0 unspecified atom stereocenters. The van der Waals surface area contributed by atoms with E-state index in [1.54, 1.807) is 60.7 Å². The topological polar surface area (TPSA) is 52.6 Å². The van der Waals surface area contributed by atoms with E-state index in [4.69, 9.17) is 32.7 Å². The van der Waals surface area contributed by atoms with Crippen molar-refractivity contribution in [3.63, 3.8) is 0 Å². The van der Waals surface area contributed by atoms with Gasteiger partial charge < -0.3 is 9.47 Å². The Hall–Kier alpha value is -4.64. The largest absolute Gasteiger partial charge is 0.423 e. The van der Waals surface area contributed by atoms with Gasteiger partial charge in [-0.3, -0.25) is 0 Å². The zero-order chi connectivity index (χ0) is 28.3. The molecule has 6 rings (SSSR count). The number of halogens is 2. The Kier molecular flexibility index (Phi) is 7.43. The van der Waals surface area contributed by atoms with E-state index in [1.165, 1.54) is 0 Å². The number of rotatable bonds is 6. The summed E-state index contributed by atoms with van der Waals surface area (Å²) in [6.45, 7) is 0. The van der Waals surface area contributed by atoms with Gasteiger partial charge in [0.15, 0.2) is 0 Å². The summed E-state index contributed by atoms with van der Waals surface area (Å²) in [5.74, 6) is -0.333. The molecule has 6 heteroatoms. The minimum Gasteiger partial charge on any atom is -0.423 e. The minimum atomic E-state index is -0.560. The molecule has 0 amide bonds. The predicted molar refractivity (Wildman–Crippen MR) is 164 cm³/mol. The Balaban J connectivity index is 1.48. The van der Waals surface area contributed by atoms with Crippen molar-refractivity contribution in [2.24, 2.45) is 0 Å². The van der Waals surface area contributed by atoms with E-state index in [0.717, 1.165) is 32.7 Å². The van der Waals surface area contributed by atoms with Crippen LogP contribution in [0.1, 0.15) is 31.8 Å². The summed E-state index contributed by atoms with van der Waals surface area (Å²) in [6.07, 6.45) is 0.318. The molecule has 0 spiro atoms. The van der Waals surface area contributed by atoms with Crippen LogP contribution >= 0.6 is 23.2 Å². The number of fused-ring (bicyclic) bond motifs is 2. The van der Waals surface area contributed by atoms with Gasteiger partial charge in [-0.1, -0.05) is 108 Å². The fraction of sp³-hybridized carbons (Fsp3) is 0.0286. The van der Waals surface area contributed by atoms with Crippen LogP contribution in [0.5, 0.6) is 11.5 Å². The van der Waals surface area contributed by atoms with Crippen molar-refractivity contribution in [1.82, 2.24) is 0 Å². The molecule has 0 atom stereocenters. The fourth-order valence-corrected chi connectivity index (χ4v) is 5.35. The highest BCUT2D eigenvalue weighted by atomic mass is 35.5. The Labute approximate surface area is 246 Å². The van der Waals surface area contributed by atoms with E-state index in [-0.39, 0.29) is 11.1 Å². The van der Waals surface area contributed by atoms with E-state index < -0.39 is 11.9 Å². The first-order valence-corrected chi connectivity index (χ1v) is 13.7. The highest BCUT2D eigenvalue weighted by molar-refractivity contribution is 6.34. The van der Waals surface area contributed by atoms with Gasteiger partial charge in [0.1, 0.15) is 11.5 Å². The van der Waals surface area contributed by atoms with Gasteiger partial charge in [-0.25, -0.2) is 9.59 Å².